The van der Waals surface area contributed by atoms with E-state index in [1.54, 1.807) is 0 Å². The molecule has 0 saturated heterocycles. The minimum atomic E-state index is 0.0633. The SMILES string of the molecule is Cc1ccc(CNc2cc(C)cc3c2c(=O)c(-c2ccc(C)cc2)cn3C)cc1. The van der Waals surface area contributed by atoms with Gasteiger partial charge in [0.1, 0.15) is 0 Å². The summed E-state index contributed by atoms with van der Waals surface area (Å²) in [6, 6.07) is 20.7. The first-order valence-corrected chi connectivity index (χ1v) is 9.93. The fourth-order valence-electron chi connectivity index (χ4n) is 3.72. The number of rotatable bonds is 4. The molecule has 0 aliphatic heterocycles. The van der Waals surface area contributed by atoms with Crippen LogP contribution in [0.4, 0.5) is 5.69 Å². The van der Waals surface area contributed by atoms with Crippen molar-refractivity contribution in [2.45, 2.75) is 27.3 Å². The number of hydrogen-bond donors (Lipinski definition) is 1. The monoisotopic (exact) mass is 382 g/mol. The molecule has 0 fully saturated rings. The zero-order valence-corrected chi connectivity index (χ0v) is 17.4. The van der Waals surface area contributed by atoms with E-state index in [-0.39, 0.29) is 5.43 Å². The van der Waals surface area contributed by atoms with Crippen molar-refractivity contribution in [2.24, 2.45) is 7.05 Å². The van der Waals surface area contributed by atoms with Crippen LogP contribution < -0.4 is 10.7 Å². The number of aromatic nitrogens is 1. The first-order chi connectivity index (χ1) is 13.9. The second kappa shape index (κ2) is 7.59. The molecule has 0 spiro atoms. The van der Waals surface area contributed by atoms with E-state index in [9.17, 15) is 4.79 Å². The van der Waals surface area contributed by atoms with Crippen molar-refractivity contribution in [1.82, 2.24) is 4.57 Å². The zero-order valence-electron chi connectivity index (χ0n) is 17.4. The van der Waals surface area contributed by atoms with Crippen LogP contribution in [0.15, 0.2) is 71.7 Å². The minimum Gasteiger partial charge on any atom is -0.380 e. The highest BCUT2D eigenvalue weighted by molar-refractivity contribution is 5.95. The number of aryl methyl sites for hydroxylation is 4. The smallest absolute Gasteiger partial charge is 0.199 e. The molecule has 0 amide bonds. The van der Waals surface area contributed by atoms with Crippen LogP contribution in [-0.2, 0) is 13.6 Å². The maximum atomic E-state index is 13.5. The maximum Gasteiger partial charge on any atom is 0.199 e. The van der Waals surface area contributed by atoms with Crippen molar-refractivity contribution in [1.29, 1.82) is 0 Å². The van der Waals surface area contributed by atoms with Crippen molar-refractivity contribution in [3.05, 3.63) is 99.3 Å². The van der Waals surface area contributed by atoms with Crippen molar-refractivity contribution < 1.29 is 0 Å². The van der Waals surface area contributed by atoms with Crippen LogP contribution in [0.1, 0.15) is 22.3 Å². The van der Waals surface area contributed by atoms with Crippen molar-refractivity contribution >= 4 is 16.6 Å². The van der Waals surface area contributed by atoms with Gasteiger partial charge in [-0.3, -0.25) is 4.79 Å². The topological polar surface area (TPSA) is 34.0 Å². The van der Waals surface area contributed by atoms with Gasteiger partial charge in [0.2, 0.25) is 0 Å². The number of benzene rings is 3. The molecule has 0 bridgehead atoms. The highest BCUT2D eigenvalue weighted by Gasteiger charge is 2.14. The molecule has 3 heteroatoms. The van der Waals surface area contributed by atoms with Gasteiger partial charge < -0.3 is 9.88 Å². The summed E-state index contributed by atoms with van der Waals surface area (Å²) in [7, 11) is 2.00. The third kappa shape index (κ3) is 3.81. The van der Waals surface area contributed by atoms with Gasteiger partial charge in [-0.25, -0.2) is 0 Å². The summed E-state index contributed by atoms with van der Waals surface area (Å²) in [5, 5.41) is 4.25. The molecule has 0 radical (unpaired) electrons. The molecule has 0 aliphatic rings. The van der Waals surface area contributed by atoms with E-state index in [0.717, 1.165) is 33.3 Å². The first-order valence-electron chi connectivity index (χ1n) is 9.93. The summed E-state index contributed by atoms with van der Waals surface area (Å²) in [6.45, 7) is 6.88. The average molecular weight is 383 g/mol. The Morgan fingerprint density at radius 1 is 0.828 bits per heavy atom. The Hall–Kier alpha value is -3.33. The van der Waals surface area contributed by atoms with Gasteiger partial charge in [0, 0.05) is 31.0 Å². The molecule has 1 N–H and O–H groups in total. The van der Waals surface area contributed by atoms with E-state index >= 15 is 0 Å². The van der Waals surface area contributed by atoms with Crippen LogP contribution in [0.3, 0.4) is 0 Å². The van der Waals surface area contributed by atoms with Crippen molar-refractivity contribution in [2.75, 3.05) is 5.32 Å². The Morgan fingerprint density at radius 2 is 1.45 bits per heavy atom. The fourth-order valence-corrected chi connectivity index (χ4v) is 3.72. The average Bonchev–Trinajstić information content (AvgIpc) is 2.70. The van der Waals surface area contributed by atoms with Gasteiger partial charge in [0.15, 0.2) is 5.43 Å². The van der Waals surface area contributed by atoms with Gasteiger partial charge in [-0.2, -0.15) is 0 Å². The second-order valence-corrected chi connectivity index (χ2v) is 7.89. The number of anilines is 1. The standard InChI is InChI=1S/C26H26N2O/c1-17-5-9-20(10-6-17)15-27-23-13-19(3)14-24-25(23)26(29)22(16-28(24)4)21-11-7-18(2)8-12-21/h5-14,16,27H,15H2,1-4H3. The molecule has 3 aromatic carbocycles. The zero-order chi connectivity index (χ0) is 20.5. The molecule has 4 rings (SSSR count). The molecule has 0 saturated carbocycles. The normalized spacial score (nSPS) is 11.0. The van der Waals surface area contributed by atoms with E-state index in [1.807, 2.05) is 37.5 Å². The highest BCUT2D eigenvalue weighted by atomic mass is 16.1. The first kappa shape index (κ1) is 19.0. The molecule has 0 atom stereocenters. The lowest BCUT2D eigenvalue weighted by molar-refractivity contribution is 0.951. The van der Waals surface area contributed by atoms with E-state index in [0.29, 0.717) is 6.54 Å². The molecule has 0 aliphatic carbocycles. The molecule has 0 unspecified atom stereocenters. The quantitative estimate of drug-likeness (QED) is 0.488. The third-order valence-corrected chi connectivity index (χ3v) is 5.40. The summed E-state index contributed by atoms with van der Waals surface area (Å²) in [4.78, 5) is 13.5. The van der Waals surface area contributed by atoms with E-state index in [2.05, 4.69) is 67.1 Å². The van der Waals surface area contributed by atoms with Crippen LogP contribution in [-0.4, -0.2) is 4.57 Å². The van der Waals surface area contributed by atoms with E-state index < -0.39 is 0 Å². The van der Waals surface area contributed by atoms with Gasteiger partial charge in [0.05, 0.1) is 10.9 Å². The molecule has 3 nitrogen and oxygen atoms in total. The summed E-state index contributed by atoms with van der Waals surface area (Å²) < 4.78 is 2.05. The Morgan fingerprint density at radius 3 is 2.10 bits per heavy atom. The summed E-state index contributed by atoms with van der Waals surface area (Å²) in [5.41, 5.74) is 8.30. The highest BCUT2D eigenvalue weighted by Crippen LogP contribution is 2.27. The number of nitrogens with zero attached hydrogens (tertiary/aromatic N) is 1. The minimum absolute atomic E-state index is 0.0633. The Kier molecular flexibility index (Phi) is 4.98. The van der Waals surface area contributed by atoms with Crippen molar-refractivity contribution in [3.8, 4) is 11.1 Å². The fraction of sp³-hybridized carbons (Fsp3) is 0.192. The summed E-state index contributed by atoms with van der Waals surface area (Å²) >= 11 is 0. The van der Waals surface area contributed by atoms with Gasteiger partial charge in [-0.15, -0.1) is 0 Å². The molecular formula is C26H26N2O. The van der Waals surface area contributed by atoms with Gasteiger partial charge in [-0.05, 0) is 49.6 Å². The van der Waals surface area contributed by atoms with Crippen molar-refractivity contribution in [3.63, 3.8) is 0 Å². The number of hydrogen-bond acceptors (Lipinski definition) is 2. The van der Waals surface area contributed by atoms with Crippen LogP contribution in [0.5, 0.6) is 0 Å². The Labute approximate surface area is 171 Å². The number of nitrogens with one attached hydrogen (secondary N) is 1. The van der Waals surface area contributed by atoms with Gasteiger partial charge in [-0.1, -0.05) is 59.7 Å². The largest absolute Gasteiger partial charge is 0.380 e. The lowest BCUT2D eigenvalue weighted by Gasteiger charge is -2.15. The second-order valence-electron chi connectivity index (χ2n) is 7.89. The lowest BCUT2D eigenvalue weighted by atomic mass is 10.0. The lowest BCUT2D eigenvalue weighted by Crippen LogP contribution is -2.13. The summed E-state index contributed by atoms with van der Waals surface area (Å²) in [5.74, 6) is 0. The predicted octanol–water partition coefficient (Wildman–Crippen LogP) is 5.74. The molecule has 1 aromatic heterocycles. The predicted molar refractivity (Wildman–Crippen MR) is 123 cm³/mol. The maximum absolute atomic E-state index is 13.5. The molecule has 146 valence electrons. The van der Waals surface area contributed by atoms with Crippen LogP contribution in [0, 0.1) is 20.8 Å². The van der Waals surface area contributed by atoms with Crippen LogP contribution >= 0.6 is 0 Å². The summed E-state index contributed by atoms with van der Waals surface area (Å²) in [6.07, 6.45) is 1.94. The molecular weight excluding hydrogens is 356 g/mol. The Bertz CT molecular complexity index is 1230. The molecule has 1 heterocycles. The number of pyridine rings is 1. The van der Waals surface area contributed by atoms with Crippen LogP contribution in [0.25, 0.3) is 22.0 Å². The van der Waals surface area contributed by atoms with E-state index in [4.69, 9.17) is 0 Å². The molecule has 4 aromatic rings. The third-order valence-electron chi connectivity index (χ3n) is 5.40. The van der Waals surface area contributed by atoms with Gasteiger partial charge >= 0.3 is 0 Å². The molecule has 29 heavy (non-hydrogen) atoms. The Balaban J connectivity index is 1.84. The van der Waals surface area contributed by atoms with E-state index in [1.165, 1.54) is 16.7 Å². The van der Waals surface area contributed by atoms with Crippen LogP contribution in [0.2, 0.25) is 0 Å². The number of fused-ring (bicyclic) bond motifs is 1. The van der Waals surface area contributed by atoms with Gasteiger partial charge in [0.25, 0.3) is 0 Å².